The Kier molecular flexibility index (Phi) is 10.8. The van der Waals surface area contributed by atoms with E-state index in [0.717, 1.165) is 5.57 Å². The van der Waals surface area contributed by atoms with Crippen LogP contribution < -0.4 is 0 Å². The summed E-state index contributed by atoms with van der Waals surface area (Å²) in [7, 11) is -3.16. The molecule has 0 saturated heterocycles. The van der Waals surface area contributed by atoms with Crippen molar-refractivity contribution in [3.05, 3.63) is 46.0 Å². The van der Waals surface area contributed by atoms with E-state index in [1.165, 1.54) is 28.5 Å². The summed E-state index contributed by atoms with van der Waals surface area (Å²) in [5, 5.41) is 0. The van der Waals surface area contributed by atoms with Crippen molar-refractivity contribution in [1.82, 2.24) is 0 Å². The lowest BCUT2D eigenvalue weighted by Gasteiger charge is -2.31. The number of sulfone groups is 1. The maximum absolute atomic E-state index is 12.9. The van der Waals surface area contributed by atoms with Gasteiger partial charge < -0.3 is 4.74 Å². The zero-order valence-corrected chi connectivity index (χ0v) is 24.4. The number of carbonyl (C=O) groups is 1. The van der Waals surface area contributed by atoms with Gasteiger partial charge in [0.2, 0.25) is 0 Å². The Balaban J connectivity index is 3.54. The van der Waals surface area contributed by atoms with Gasteiger partial charge in [-0.3, -0.25) is 4.79 Å². The van der Waals surface area contributed by atoms with Crippen molar-refractivity contribution >= 4 is 15.6 Å². The molecule has 0 saturated carbocycles. The normalized spacial score (nSPS) is 15.3. The fraction of sp³-hybridized carbons (Fsp3) is 0.690. The molecule has 0 N–H and O–H groups in total. The summed E-state index contributed by atoms with van der Waals surface area (Å²) < 4.78 is 30.1. The second-order valence-corrected chi connectivity index (χ2v) is 13.9. The van der Waals surface area contributed by atoms with Crippen LogP contribution in [0.15, 0.2) is 23.8 Å². The van der Waals surface area contributed by atoms with E-state index in [4.69, 9.17) is 4.74 Å². The van der Waals surface area contributed by atoms with Crippen LogP contribution in [0.5, 0.6) is 0 Å². The van der Waals surface area contributed by atoms with E-state index in [-0.39, 0.29) is 24.1 Å². The predicted octanol–water partition coefficient (Wildman–Crippen LogP) is 7.50. The molecule has 0 unspecified atom stereocenters. The van der Waals surface area contributed by atoms with Crippen LogP contribution in [0.25, 0.3) is 0 Å². The third kappa shape index (κ3) is 8.96. The fourth-order valence-electron chi connectivity index (χ4n) is 4.00. The van der Waals surface area contributed by atoms with Gasteiger partial charge in [-0.15, -0.1) is 0 Å². The maximum atomic E-state index is 12.9. The van der Waals surface area contributed by atoms with Crippen LogP contribution in [-0.2, 0) is 19.4 Å². The first kappa shape index (κ1) is 30.6. The Labute approximate surface area is 209 Å². The molecule has 2 atom stereocenters. The highest BCUT2D eigenvalue weighted by Gasteiger charge is 2.29. The summed E-state index contributed by atoms with van der Waals surface area (Å²) in [6.45, 7) is 22.9. The number of rotatable bonds is 11. The van der Waals surface area contributed by atoms with E-state index in [1.807, 2.05) is 27.7 Å². The van der Waals surface area contributed by atoms with Gasteiger partial charge >= 0.3 is 0 Å². The Bertz CT molecular complexity index is 947. The molecule has 34 heavy (non-hydrogen) atoms. The van der Waals surface area contributed by atoms with E-state index in [1.54, 1.807) is 6.08 Å². The molecule has 1 aromatic carbocycles. The number of benzene rings is 1. The number of Topliss-reactive ketones (excluding diaryl/α,β-unsaturated/α-hetero) is 1. The Morgan fingerprint density at radius 3 is 1.76 bits per heavy atom. The van der Waals surface area contributed by atoms with Gasteiger partial charge in [0.05, 0.1) is 18.0 Å². The summed E-state index contributed by atoms with van der Waals surface area (Å²) in [5.74, 6) is 1.12. The summed E-state index contributed by atoms with van der Waals surface area (Å²) in [5.41, 5.74) is 5.37. The van der Waals surface area contributed by atoms with Gasteiger partial charge in [0.1, 0.15) is 5.78 Å². The average Bonchev–Trinajstić information content (AvgIpc) is 2.68. The highest BCUT2D eigenvalue weighted by atomic mass is 32.2. The number of carbonyl (C=O) groups excluding carboxylic acids is 1. The van der Waals surface area contributed by atoms with E-state index in [9.17, 15) is 13.2 Å². The second kappa shape index (κ2) is 12.0. The number of hydrogen-bond acceptors (Lipinski definition) is 4. The summed E-state index contributed by atoms with van der Waals surface area (Å²) in [4.78, 5) is 12.9. The average molecular weight is 493 g/mol. The van der Waals surface area contributed by atoms with Crippen LogP contribution >= 0.6 is 0 Å². The molecule has 0 amide bonds. The minimum absolute atomic E-state index is 0.0612. The quantitative estimate of drug-likeness (QED) is 0.300. The van der Waals surface area contributed by atoms with Crippen molar-refractivity contribution in [3.63, 3.8) is 0 Å². The van der Waals surface area contributed by atoms with Gasteiger partial charge in [-0.05, 0) is 59.4 Å². The fourth-order valence-corrected chi connectivity index (χ4v) is 4.57. The van der Waals surface area contributed by atoms with Gasteiger partial charge in [0, 0.05) is 18.1 Å². The molecule has 4 nitrogen and oxygen atoms in total. The summed E-state index contributed by atoms with van der Waals surface area (Å²) in [6, 6.07) is 4.61. The molecule has 1 aromatic rings. The predicted molar refractivity (Wildman–Crippen MR) is 145 cm³/mol. The van der Waals surface area contributed by atoms with Gasteiger partial charge in [0.25, 0.3) is 0 Å². The summed E-state index contributed by atoms with van der Waals surface area (Å²) in [6.07, 6.45) is 2.41. The molecule has 1 rings (SSSR count). The minimum Gasteiger partial charge on any atom is -0.366 e. The van der Waals surface area contributed by atoms with Crippen LogP contribution in [0.3, 0.4) is 0 Å². The minimum atomic E-state index is -3.16. The zero-order valence-electron chi connectivity index (χ0n) is 23.6. The van der Waals surface area contributed by atoms with Crippen molar-refractivity contribution in [1.29, 1.82) is 0 Å². The SMILES string of the molecule is C/C(=C/CS(C)(=O)=O)[C@@H](CC(=O)C(C)(C)C)O[C@H](C)c1c(C(C)C)cc(C(C)C)cc1C(C)C. The first-order valence-electron chi connectivity index (χ1n) is 12.6. The van der Waals surface area contributed by atoms with Crippen molar-refractivity contribution in [3.8, 4) is 0 Å². The first-order valence-corrected chi connectivity index (χ1v) is 14.6. The number of ether oxygens (including phenoxy) is 1. The van der Waals surface area contributed by atoms with Crippen LogP contribution in [0.2, 0.25) is 0 Å². The molecule has 194 valence electrons. The third-order valence-corrected chi connectivity index (χ3v) is 7.15. The van der Waals surface area contributed by atoms with Gasteiger partial charge in [-0.2, -0.15) is 0 Å². The topological polar surface area (TPSA) is 60.4 Å². The Morgan fingerprint density at radius 2 is 1.41 bits per heavy atom. The monoisotopic (exact) mass is 492 g/mol. The highest BCUT2D eigenvalue weighted by Crippen LogP contribution is 2.38. The number of hydrogen-bond donors (Lipinski definition) is 0. The standard InChI is InChI=1S/C29H48O4S/c1-18(2)23-15-24(19(3)4)28(25(16-23)20(5)6)22(8)33-26(17-27(30)29(9,10)11)21(7)13-14-34(12,31)32/h13,15-16,18-20,22,26H,14,17H2,1-12H3/b21-13-/t22-,26-/m1/s1. The molecular weight excluding hydrogens is 444 g/mol. The van der Waals surface area contributed by atoms with Crippen LogP contribution in [-0.4, -0.2) is 32.3 Å². The molecule has 0 fully saturated rings. The van der Waals surface area contributed by atoms with Crippen molar-refractivity contribution < 1.29 is 17.9 Å². The summed E-state index contributed by atoms with van der Waals surface area (Å²) >= 11 is 0. The molecule has 0 spiro atoms. The van der Waals surface area contributed by atoms with E-state index in [2.05, 4.69) is 60.6 Å². The zero-order chi connectivity index (χ0) is 26.6. The lowest BCUT2D eigenvalue weighted by atomic mass is 9.82. The van der Waals surface area contributed by atoms with Gasteiger partial charge in [-0.25, -0.2) is 8.42 Å². The Hall–Kier alpha value is -1.46. The van der Waals surface area contributed by atoms with E-state index < -0.39 is 21.4 Å². The van der Waals surface area contributed by atoms with E-state index in [0.29, 0.717) is 17.8 Å². The molecule has 0 bridgehead atoms. The van der Waals surface area contributed by atoms with Crippen molar-refractivity contribution in [2.24, 2.45) is 5.41 Å². The van der Waals surface area contributed by atoms with Gasteiger partial charge in [-0.1, -0.05) is 80.5 Å². The van der Waals surface area contributed by atoms with Crippen molar-refractivity contribution in [2.75, 3.05) is 12.0 Å². The second-order valence-electron chi connectivity index (χ2n) is 11.8. The molecule has 0 aromatic heterocycles. The molecule has 0 aliphatic heterocycles. The van der Waals surface area contributed by atoms with Crippen LogP contribution in [0.1, 0.15) is 129 Å². The highest BCUT2D eigenvalue weighted by molar-refractivity contribution is 7.90. The molecule has 0 aliphatic carbocycles. The maximum Gasteiger partial charge on any atom is 0.151 e. The molecule has 0 heterocycles. The Morgan fingerprint density at radius 1 is 0.941 bits per heavy atom. The first-order chi connectivity index (χ1) is 15.3. The van der Waals surface area contributed by atoms with E-state index >= 15 is 0 Å². The van der Waals surface area contributed by atoms with Crippen molar-refractivity contribution in [2.45, 2.75) is 113 Å². The molecular formula is C29H48O4S. The molecule has 0 aliphatic rings. The number of ketones is 1. The lowest BCUT2D eigenvalue weighted by molar-refractivity contribution is -0.129. The lowest BCUT2D eigenvalue weighted by Crippen LogP contribution is -2.29. The molecule has 0 radical (unpaired) electrons. The smallest absolute Gasteiger partial charge is 0.151 e. The third-order valence-electron chi connectivity index (χ3n) is 6.38. The van der Waals surface area contributed by atoms with Gasteiger partial charge in [0.15, 0.2) is 9.84 Å². The largest absolute Gasteiger partial charge is 0.366 e. The van der Waals surface area contributed by atoms with Crippen LogP contribution in [0.4, 0.5) is 0 Å². The molecule has 5 heteroatoms. The van der Waals surface area contributed by atoms with Crippen LogP contribution in [0, 0.1) is 5.41 Å².